The third-order valence-corrected chi connectivity index (χ3v) is 14.9. The molecular formula is C64H47NO. The maximum atomic E-state index is 6.79. The molecule has 0 radical (unpaired) electrons. The zero-order chi connectivity index (χ0) is 44.3. The highest BCUT2D eigenvalue weighted by Crippen LogP contribution is 2.53. The summed E-state index contributed by atoms with van der Waals surface area (Å²) in [5.74, 6) is 0. The number of nitrogens with zero attached hydrogens (tertiary/aromatic N) is 1. The molecular weight excluding hydrogens is 799 g/mol. The van der Waals surface area contributed by atoms with Crippen LogP contribution in [-0.4, -0.2) is 0 Å². The van der Waals surface area contributed by atoms with Crippen molar-refractivity contribution in [3.05, 3.63) is 235 Å². The van der Waals surface area contributed by atoms with E-state index in [2.05, 4.69) is 245 Å². The van der Waals surface area contributed by atoms with Crippen molar-refractivity contribution in [2.75, 3.05) is 4.90 Å². The number of fused-ring (bicyclic) bond motifs is 11. The van der Waals surface area contributed by atoms with Crippen LogP contribution in [0.1, 0.15) is 49.9 Å². The lowest BCUT2D eigenvalue weighted by atomic mass is 9.82. The molecule has 1 heterocycles. The molecule has 314 valence electrons. The van der Waals surface area contributed by atoms with Gasteiger partial charge >= 0.3 is 0 Å². The average molecular weight is 846 g/mol. The number of furan rings is 1. The summed E-state index contributed by atoms with van der Waals surface area (Å²) in [7, 11) is 0. The first kappa shape index (κ1) is 38.5. The van der Waals surface area contributed by atoms with E-state index in [0.717, 1.165) is 72.4 Å². The van der Waals surface area contributed by atoms with Crippen molar-refractivity contribution < 1.29 is 4.42 Å². The highest BCUT2D eigenvalue weighted by molar-refractivity contribution is 6.21. The van der Waals surface area contributed by atoms with Crippen molar-refractivity contribution in [1.82, 2.24) is 0 Å². The van der Waals surface area contributed by atoms with Crippen LogP contribution >= 0.6 is 0 Å². The normalized spacial score (nSPS) is 14.0. The molecule has 2 aliphatic rings. The second-order valence-corrected chi connectivity index (χ2v) is 19.3. The van der Waals surface area contributed by atoms with Gasteiger partial charge in [-0.05, 0) is 132 Å². The van der Waals surface area contributed by atoms with Gasteiger partial charge in [-0.1, -0.05) is 191 Å². The van der Waals surface area contributed by atoms with Gasteiger partial charge in [-0.25, -0.2) is 0 Å². The minimum atomic E-state index is -0.132. The number of hydrogen-bond donors (Lipinski definition) is 0. The molecule has 0 spiro atoms. The summed E-state index contributed by atoms with van der Waals surface area (Å²) in [5.41, 5.74) is 22.6. The fourth-order valence-corrected chi connectivity index (χ4v) is 11.5. The summed E-state index contributed by atoms with van der Waals surface area (Å²) in [4.78, 5) is 2.47. The van der Waals surface area contributed by atoms with Crippen molar-refractivity contribution in [2.45, 2.75) is 38.5 Å². The van der Waals surface area contributed by atoms with E-state index in [1.807, 2.05) is 0 Å². The lowest BCUT2D eigenvalue weighted by molar-refractivity contribution is 0.660. The summed E-state index contributed by atoms with van der Waals surface area (Å²) >= 11 is 0. The largest absolute Gasteiger partial charge is 0.455 e. The van der Waals surface area contributed by atoms with Crippen LogP contribution in [0.25, 0.3) is 88.3 Å². The third kappa shape index (κ3) is 5.67. The van der Waals surface area contributed by atoms with Gasteiger partial charge in [0, 0.05) is 44.2 Å². The molecule has 0 saturated carbocycles. The second kappa shape index (κ2) is 14.3. The predicted octanol–water partition coefficient (Wildman–Crippen LogP) is 17.8. The van der Waals surface area contributed by atoms with E-state index in [9.17, 15) is 0 Å². The zero-order valence-corrected chi connectivity index (χ0v) is 37.6. The van der Waals surface area contributed by atoms with Crippen LogP contribution in [0.2, 0.25) is 0 Å². The van der Waals surface area contributed by atoms with Gasteiger partial charge in [0.05, 0.1) is 0 Å². The number of para-hydroxylation sites is 1. The Morgan fingerprint density at radius 3 is 1.58 bits per heavy atom. The van der Waals surface area contributed by atoms with Crippen molar-refractivity contribution in [2.24, 2.45) is 0 Å². The van der Waals surface area contributed by atoms with Crippen LogP contribution in [0.4, 0.5) is 17.1 Å². The highest BCUT2D eigenvalue weighted by Gasteiger charge is 2.38. The molecule has 0 N–H and O–H groups in total. The second-order valence-electron chi connectivity index (χ2n) is 19.3. The molecule has 10 aromatic carbocycles. The van der Waals surface area contributed by atoms with Gasteiger partial charge < -0.3 is 9.32 Å². The summed E-state index contributed by atoms with van der Waals surface area (Å²) in [6.45, 7) is 9.47. The molecule has 0 atom stereocenters. The zero-order valence-electron chi connectivity index (χ0n) is 37.6. The van der Waals surface area contributed by atoms with Gasteiger partial charge in [-0.2, -0.15) is 0 Å². The molecule has 0 bridgehead atoms. The smallest absolute Gasteiger partial charge is 0.143 e. The van der Waals surface area contributed by atoms with E-state index in [4.69, 9.17) is 4.42 Å². The van der Waals surface area contributed by atoms with Crippen LogP contribution in [0.3, 0.4) is 0 Å². The van der Waals surface area contributed by atoms with Crippen molar-refractivity contribution in [3.8, 4) is 55.6 Å². The number of hydrogen-bond acceptors (Lipinski definition) is 2. The summed E-state index contributed by atoms with van der Waals surface area (Å²) in [5, 5.41) is 4.72. The number of anilines is 3. The SMILES string of the molecule is CC1(C)c2ccccc2-c2ccc(N(c3cccc(-c4ccc(-c5cccc6c5oc5ccc7ccccc7c56)c(-c5ccccc5)c4)c3)c3ccc4c(c3)C(C)(C)c3ccccc3-4)cc21. The van der Waals surface area contributed by atoms with Crippen molar-refractivity contribution in [3.63, 3.8) is 0 Å². The Bertz CT molecular complexity index is 3670. The van der Waals surface area contributed by atoms with E-state index in [0.29, 0.717) is 0 Å². The first-order valence-electron chi connectivity index (χ1n) is 23.2. The number of rotatable bonds is 6. The number of benzene rings is 10. The molecule has 0 saturated heterocycles. The molecule has 2 nitrogen and oxygen atoms in total. The summed E-state index contributed by atoms with van der Waals surface area (Å²) in [6, 6.07) is 78.3. The van der Waals surface area contributed by atoms with E-state index < -0.39 is 0 Å². The Morgan fingerprint density at radius 2 is 0.864 bits per heavy atom. The van der Waals surface area contributed by atoms with Gasteiger partial charge in [0.2, 0.25) is 0 Å². The molecule has 2 aliphatic carbocycles. The van der Waals surface area contributed by atoms with E-state index in [-0.39, 0.29) is 10.8 Å². The Labute approximate surface area is 386 Å². The maximum Gasteiger partial charge on any atom is 0.143 e. The van der Waals surface area contributed by atoms with Gasteiger partial charge in [0.25, 0.3) is 0 Å². The molecule has 13 rings (SSSR count). The van der Waals surface area contributed by atoms with Gasteiger partial charge in [-0.15, -0.1) is 0 Å². The van der Waals surface area contributed by atoms with Crippen molar-refractivity contribution in [1.29, 1.82) is 0 Å². The standard InChI is InChI=1S/C64H47NO/c1-63(2)56-26-12-10-22-49(56)51-33-30-45(38-58(51)63)65(46-31-34-52-50-23-11-13-27-57(50)64(3,4)59(52)39-46)44-20-14-19-42(36-44)43-28-32-48(55(37-43)40-16-6-5-7-17-40)53-24-15-25-54-61-47-21-9-8-18-41(47)29-35-60(61)66-62(53)54/h5-39H,1-4H3. The molecule has 0 amide bonds. The fraction of sp³-hybridized carbons (Fsp3) is 0.0938. The van der Waals surface area contributed by atoms with Gasteiger partial charge in [0.1, 0.15) is 11.2 Å². The third-order valence-electron chi connectivity index (χ3n) is 14.9. The lowest BCUT2D eigenvalue weighted by Gasteiger charge is -2.30. The monoisotopic (exact) mass is 845 g/mol. The van der Waals surface area contributed by atoms with Gasteiger partial charge in [0.15, 0.2) is 0 Å². The van der Waals surface area contributed by atoms with Crippen LogP contribution in [-0.2, 0) is 10.8 Å². The van der Waals surface area contributed by atoms with E-state index >= 15 is 0 Å². The molecule has 11 aromatic rings. The molecule has 0 fully saturated rings. The topological polar surface area (TPSA) is 16.4 Å². The Morgan fingerprint density at radius 1 is 0.333 bits per heavy atom. The average Bonchev–Trinajstić information content (AvgIpc) is 3.94. The highest BCUT2D eigenvalue weighted by atomic mass is 16.3. The summed E-state index contributed by atoms with van der Waals surface area (Å²) in [6.07, 6.45) is 0. The fourth-order valence-electron chi connectivity index (χ4n) is 11.5. The van der Waals surface area contributed by atoms with Crippen LogP contribution in [0, 0.1) is 0 Å². The molecule has 0 aliphatic heterocycles. The lowest BCUT2D eigenvalue weighted by Crippen LogP contribution is -2.18. The van der Waals surface area contributed by atoms with Crippen LogP contribution in [0.5, 0.6) is 0 Å². The van der Waals surface area contributed by atoms with Gasteiger partial charge in [-0.3, -0.25) is 0 Å². The quantitative estimate of drug-likeness (QED) is 0.166. The Hall–Kier alpha value is -7.94. The van der Waals surface area contributed by atoms with Crippen LogP contribution < -0.4 is 4.90 Å². The van der Waals surface area contributed by atoms with Crippen molar-refractivity contribution >= 4 is 49.8 Å². The maximum absolute atomic E-state index is 6.79. The molecule has 2 heteroatoms. The minimum absolute atomic E-state index is 0.132. The first-order chi connectivity index (χ1) is 32.2. The predicted molar refractivity (Wildman–Crippen MR) is 277 cm³/mol. The molecule has 0 unspecified atom stereocenters. The van der Waals surface area contributed by atoms with E-state index in [1.54, 1.807) is 0 Å². The molecule has 1 aromatic heterocycles. The Balaban J connectivity index is 0.975. The molecule has 66 heavy (non-hydrogen) atoms. The van der Waals surface area contributed by atoms with E-state index in [1.165, 1.54) is 55.3 Å². The first-order valence-corrected chi connectivity index (χ1v) is 23.2. The van der Waals surface area contributed by atoms with Crippen LogP contribution in [0.15, 0.2) is 217 Å². The minimum Gasteiger partial charge on any atom is -0.455 e. The summed E-state index contributed by atoms with van der Waals surface area (Å²) < 4.78 is 6.79. The Kier molecular flexibility index (Phi) is 8.33.